The monoisotopic (exact) mass is 246 g/mol. The molecule has 2 rings (SSSR count). The van der Waals surface area contributed by atoms with Gasteiger partial charge in [-0.2, -0.15) is 0 Å². The Morgan fingerprint density at radius 2 is 2.06 bits per heavy atom. The molecule has 0 radical (unpaired) electrons. The third-order valence-corrected chi connectivity index (χ3v) is 2.35. The van der Waals surface area contributed by atoms with E-state index in [0.29, 0.717) is 17.1 Å². The number of benzene rings is 1. The van der Waals surface area contributed by atoms with Crippen molar-refractivity contribution in [3.63, 3.8) is 0 Å². The first-order chi connectivity index (χ1) is 8.70. The van der Waals surface area contributed by atoms with Crippen molar-refractivity contribution >= 4 is 12.0 Å². The Bertz CT molecular complexity index is 584. The van der Waals surface area contributed by atoms with Crippen LogP contribution in [0.3, 0.4) is 0 Å². The summed E-state index contributed by atoms with van der Waals surface area (Å²) in [6, 6.07) is 9.63. The summed E-state index contributed by atoms with van der Waals surface area (Å²) in [7, 11) is 1.29. The minimum Gasteiger partial charge on any atom is -0.466 e. The number of carbonyl (C=O) groups excluding carboxylic acids is 1. The van der Waals surface area contributed by atoms with E-state index in [2.05, 4.69) is 4.74 Å². The number of methoxy groups -OCH3 is 1. The van der Waals surface area contributed by atoms with Crippen molar-refractivity contribution in [1.82, 2.24) is 0 Å². The molecule has 0 fully saturated rings. The maximum Gasteiger partial charge on any atom is 0.330 e. The number of furan rings is 1. The second-order valence-corrected chi connectivity index (χ2v) is 3.54. The molecule has 0 amide bonds. The van der Waals surface area contributed by atoms with Crippen LogP contribution < -0.4 is 0 Å². The molecule has 2 aromatic rings. The van der Waals surface area contributed by atoms with Gasteiger partial charge in [0.25, 0.3) is 0 Å². The molecule has 1 heterocycles. The predicted octanol–water partition coefficient (Wildman–Crippen LogP) is 3.27. The van der Waals surface area contributed by atoms with Gasteiger partial charge < -0.3 is 9.15 Å². The lowest BCUT2D eigenvalue weighted by Crippen LogP contribution is -1.92. The lowest BCUT2D eigenvalue weighted by molar-refractivity contribution is -0.134. The van der Waals surface area contributed by atoms with Crippen molar-refractivity contribution in [2.45, 2.75) is 0 Å². The normalized spacial score (nSPS) is 10.8. The Kier molecular flexibility index (Phi) is 3.57. The van der Waals surface area contributed by atoms with Gasteiger partial charge in [-0.25, -0.2) is 9.18 Å². The van der Waals surface area contributed by atoms with Crippen LogP contribution in [0.1, 0.15) is 5.76 Å². The van der Waals surface area contributed by atoms with E-state index in [0.717, 1.165) is 0 Å². The zero-order valence-electron chi connectivity index (χ0n) is 9.72. The number of halogens is 1. The Hall–Kier alpha value is -2.36. The van der Waals surface area contributed by atoms with Crippen LogP contribution in [-0.2, 0) is 9.53 Å². The standard InChI is InChI=1S/C14H11FO3/c1-17-14(16)9-7-10-6-8-13(18-10)11-4-2-3-5-12(11)15/h2-9H,1H3/b9-7+. The quantitative estimate of drug-likeness (QED) is 0.616. The van der Waals surface area contributed by atoms with Gasteiger partial charge in [-0.3, -0.25) is 0 Å². The molecule has 0 aliphatic carbocycles. The minimum absolute atomic E-state index is 0.352. The number of hydrogen-bond acceptors (Lipinski definition) is 3. The Balaban J connectivity index is 2.24. The number of esters is 1. The molecule has 0 unspecified atom stereocenters. The maximum absolute atomic E-state index is 13.5. The fraction of sp³-hybridized carbons (Fsp3) is 0.0714. The second kappa shape index (κ2) is 5.31. The highest BCUT2D eigenvalue weighted by Crippen LogP contribution is 2.25. The zero-order valence-corrected chi connectivity index (χ0v) is 9.72. The number of ether oxygens (including phenoxy) is 1. The van der Waals surface area contributed by atoms with Gasteiger partial charge in [-0.05, 0) is 30.3 Å². The molecule has 18 heavy (non-hydrogen) atoms. The topological polar surface area (TPSA) is 39.4 Å². The fourth-order valence-electron chi connectivity index (χ4n) is 1.47. The maximum atomic E-state index is 13.5. The smallest absolute Gasteiger partial charge is 0.330 e. The Morgan fingerprint density at radius 1 is 1.28 bits per heavy atom. The third kappa shape index (κ3) is 2.66. The highest BCUT2D eigenvalue weighted by molar-refractivity contribution is 5.86. The summed E-state index contributed by atoms with van der Waals surface area (Å²) in [4.78, 5) is 10.9. The van der Waals surface area contributed by atoms with Crippen molar-refractivity contribution in [2.24, 2.45) is 0 Å². The van der Waals surface area contributed by atoms with Crippen LogP contribution in [0.5, 0.6) is 0 Å². The molecule has 1 aromatic carbocycles. The molecular formula is C14H11FO3. The molecule has 3 nitrogen and oxygen atoms in total. The van der Waals surface area contributed by atoms with Gasteiger partial charge in [-0.15, -0.1) is 0 Å². The molecule has 1 aromatic heterocycles. The molecule has 0 aliphatic rings. The molecule has 92 valence electrons. The van der Waals surface area contributed by atoms with Gasteiger partial charge in [0.1, 0.15) is 17.3 Å². The highest BCUT2D eigenvalue weighted by Gasteiger charge is 2.07. The molecule has 0 N–H and O–H groups in total. The number of hydrogen-bond donors (Lipinski definition) is 0. The highest BCUT2D eigenvalue weighted by atomic mass is 19.1. The average Bonchev–Trinajstić information content (AvgIpc) is 2.85. The van der Waals surface area contributed by atoms with Crippen molar-refractivity contribution in [1.29, 1.82) is 0 Å². The zero-order chi connectivity index (χ0) is 13.0. The van der Waals surface area contributed by atoms with Crippen LogP contribution in [0.15, 0.2) is 46.9 Å². The van der Waals surface area contributed by atoms with E-state index in [1.807, 2.05) is 0 Å². The SMILES string of the molecule is COC(=O)/C=C/c1ccc(-c2ccccc2F)o1. The lowest BCUT2D eigenvalue weighted by Gasteiger charge is -1.97. The Labute approximate surface area is 103 Å². The van der Waals surface area contributed by atoms with Gasteiger partial charge in [0.2, 0.25) is 0 Å². The first-order valence-corrected chi connectivity index (χ1v) is 5.31. The van der Waals surface area contributed by atoms with Crippen LogP contribution in [0.25, 0.3) is 17.4 Å². The van der Waals surface area contributed by atoms with Crippen molar-refractivity contribution in [2.75, 3.05) is 7.11 Å². The average molecular weight is 246 g/mol. The number of carbonyl (C=O) groups is 1. The molecular weight excluding hydrogens is 235 g/mol. The van der Waals surface area contributed by atoms with Crippen LogP contribution >= 0.6 is 0 Å². The van der Waals surface area contributed by atoms with Gasteiger partial charge >= 0.3 is 5.97 Å². The largest absolute Gasteiger partial charge is 0.466 e. The number of rotatable bonds is 3. The van der Waals surface area contributed by atoms with Crippen molar-refractivity contribution in [3.8, 4) is 11.3 Å². The van der Waals surface area contributed by atoms with Gasteiger partial charge in [-0.1, -0.05) is 12.1 Å². The summed E-state index contributed by atoms with van der Waals surface area (Å²) in [5.74, 6) is 0.0467. The van der Waals surface area contributed by atoms with Crippen molar-refractivity contribution < 1.29 is 18.3 Å². The summed E-state index contributed by atoms with van der Waals surface area (Å²) in [6.07, 6.45) is 2.71. The van der Waals surface area contributed by atoms with Crippen molar-refractivity contribution in [3.05, 3.63) is 54.1 Å². The van der Waals surface area contributed by atoms with E-state index in [1.165, 1.54) is 25.3 Å². The van der Waals surface area contributed by atoms with E-state index in [-0.39, 0.29) is 5.82 Å². The van der Waals surface area contributed by atoms with Crippen LogP contribution in [-0.4, -0.2) is 13.1 Å². The molecule has 0 saturated carbocycles. The first kappa shape index (κ1) is 12.1. The molecule has 0 spiro atoms. The molecule has 0 aliphatic heterocycles. The van der Waals surface area contributed by atoms with Crippen LogP contribution in [0.2, 0.25) is 0 Å². The van der Waals surface area contributed by atoms with Crippen LogP contribution in [0, 0.1) is 5.82 Å². The Morgan fingerprint density at radius 3 is 2.78 bits per heavy atom. The lowest BCUT2D eigenvalue weighted by atomic mass is 10.1. The van der Waals surface area contributed by atoms with E-state index in [1.54, 1.807) is 30.3 Å². The molecule has 0 bridgehead atoms. The molecule has 0 atom stereocenters. The van der Waals surface area contributed by atoms with E-state index in [9.17, 15) is 9.18 Å². The summed E-state index contributed by atoms with van der Waals surface area (Å²) < 4.78 is 23.4. The first-order valence-electron chi connectivity index (χ1n) is 5.31. The second-order valence-electron chi connectivity index (χ2n) is 3.54. The third-order valence-electron chi connectivity index (χ3n) is 2.35. The van der Waals surface area contributed by atoms with E-state index in [4.69, 9.17) is 4.42 Å². The van der Waals surface area contributed by atoms with Gasteiger partial charge in [0.05, 0.1) is 12.7 Å². The summed E-state index contributed by atoms with van der Waals surface area (Å²) >= 11 is 0. The van der Waals surface area contributed by atoms with Gasteiger partial charge in [0, 0.05) is 6.08 Å². The fourth-order valence-corrected chi connectivity index (χ4v) is 1.47. The molecule has 4 heteroatoms. The molecule has 0 saturated heterocycles. The predicted molar refractivity (Wildman–Crippen MR) is 65.2 cm³/mol. The summed E-state index contributed by atoms with van der Waals surface area (Å²) in [6.45, 7) is 0. The summed E-state index contributed by atoms with van der Waals surface area (Å²) in [5, 5.41) is 0. The van der Waals surface area contributed by atoms with E-state index < -0.39 is 5.97 Å². The van der Waals surface area contributed by atoms with Gasteiger partial charge in [0.15, 0.2) is 0 Å². The van der Waals surface area contributed by atoms with E-state index >= 15 is 0 Å². The summed E-state index contributed by atoms with van der Waals surface area (Å²) in [5.41, 5.74) is 0.384. The minimum atomic E-state index is -0.473. The van der Waals surface area contributed by atoms with Crippen LogP contribution in [0.4, 0.5) is 4.39 Å².